The molecule has 23 heavy (non-hydrogen) atoms. The zero-order valence-corrected chi connectivity index (χ0v) is 16.5. The van der Waals surface area contributed by atoms with Gasteiger partial charge in [-0.3, -0.25) is 8.85 Å². The average Bonchev–Trinajstić information content (AvgIpc) is 2.55. The molecule has 1 heterocycles. The molecular weight excluding hydrogens is 329 g/mol. The minimum absolute atomic E-state index is 0.240. The lowest BCUT2D eigenvalue weighted by atomic mass is 9.93. The predicted octanol–water partition coefficient (Wildman–Crippen LogP) is 4.01. The van der Waals surface area contributed by atoms with Gasteiger partial charge >= 0.3 is 0 Å². The summed E-state index contributed by atoms with van der Waals surface area (Å²) in [7, 11) is -0.860. The lowest BCUT2D eigenvalue weighted by molar-refractivity contribution is 0.248. The van der Waals surface area contributed by atoms with E-state index < -0.39 is 10.1 Å². The van der Waals surface area contributed by atoms with Crippen molar-refractivity contribution >= 4 is 19.5 Å². The van der Waals surface area contributed by atoms with Gasteiger partial charge in [0.25, 0.3) is 10.1 Å². The van der Waals surface area contributed by atoms with E-state index in [1.807, 2.05) is 20.8 Å². The Balaban J connectivity index is 0.00000127. The van der Waals surface area contributed by atoms with Crippen LogP contribution in [0.5, 0.6) is 0 Å². The first-order valence-corrected chi connectivity index (χ1v) is 10.4. The third-order valence-corrected chi connectivity index (χ3v) is 5.80. The number of aryl methyl sites for hydroxylation is 1. The summed E-state index contributed by atoms with van der Waals surface area (Å²) >= 11 is 0. The van der Waals surface area contributed by atoms with Gasteiger partial charge in [-0.05, 0) is 50.7 Å². The van der Waals surface area contributed by atoms with Gasteiger partial charge in [-0.25, -0.2) is 0 Å². The molecule has 1 aromatic carbocycles. The highest BCUT2D eigenvalue weighted by molar-refractivity contribution is 7.86. The third kappa shape index (κ3) is 7.30. The van der Waals surface area contributed by atoms with Crippen LogP contribution in [0.15, 0.2) is 29.2 Å². The quantitative estimate of drug-likeness (QED) is 0.437. The molecule has 0 radical (unpaired) electrons. The van der Waals surface area contributed by atoms with Crippen molar-refractivity contribution in [1.29, 1.82) is 0 Å². The molecule has 0 saturated carbocycles. The van der Waals surface area contributed by atoms with Crippen LogP contribution in [0.2, 0.25) is 0 Å². The molecule has 1 aromatic rings. The lowest BCUT2D eigenvalue weighted by Gasteiger charge is -2.28. The van der Waals surface area contributed by atoms with Crippen LogP contribution in [-0.2, 0) is 14.3 Å². The van der Waals surface area contributed by atoms with Crippen LogP contribution in [0.1, 0.15) is 45.1 Å². The third-order valence-electron chi connectivity index (χ3n) is 3.95. The number of rotatable bonds is 6. The van der Waals surface area contributed by atoms with Crippen molar-refractivity contribution < 1.29 is 12.6 Å². The highest BCUT2D eigenvalue weighted by atomic mass is 32.2. The molecule has 0 N–H and O–H groups in total. The van der Waals surface area contributed by atoms with E-state index in [0.717, 1.165) is 31.5 Å². The summed E-state index contributed by atoms with van der Waals surface area (Å²) < 4.78 is 31.4. The van der Waals surface area contributed by atoms with Crippen LogP contribution in [0.25, 0.3) is 0 Å². The molecule has 2 rings (SSSR count). The second kappa shape index (κ2) is 10.4. The minimum atomic E-state index is -3.60. The van der Waals surface area contributed by atoms with E-state index in [-0.39, 0.29) is 11.5 Å². The monoisotopic (exact) mass is 359 g/mol. The van der Waals surface area contributed by atoms with Gasteiger partial charge in [0.2, 0.25) is 0 Å². The molecular formula is C17H30NO3PS. The summed E-state index contributed by atoms with van der Waals surface area (Å²) in [5, 5.41) is 0. The number of nitrogens with zero attached hydrogens (tertiary/aromatic N) is 1. The number of hydrogen-bond donors (Lipinski definition) is 0. The van der Waals surface area contributed by atoms with E-state index in [9.17, 15) is 8.42 Å². The average molecular weight is 359 g/mol. The first-order chi connectivity index (χ1) is 11.0. The van der Waals surface area contributed by atoms with Crippen molar-refractivity contribution in [3.8, 4) is 0 Å². The highest BCUT2D eigenvalue weighted by Crippen LogP contribution is 2.23. The second-order valence-electron chi connectivity index (χ2n) is 5.71. The van der Waals surface area contributed by atoms with Gasteiger partial charge in [0.15, 0.2) is 0 Å². The Labute approximate surface area is 144 Å². The van der Waals surface area contributed by atoms with Gasteiger partial charge < -0.3 is 0 Å². The normalized spacial score (nSPS) is 16.7. The summed E-state index contributed by atoms with van der Waals surface area (Å²) in [6.07, 6.45) is 4.22. The Morgan fingerprint density at radius 3 is 2.30 bits per heavy atom. The first kappa shape index (κ1) is 20.6. The van der Waals surface area contributed by atoms with Crippen molar-refractivity contribution in [3.63, 3.8) is 0 Å². The fourth-order valence-electron chi connectivity index (χ4n) is 2.56. The summed E-state index contributed by atoms with van der Waals surface area (Å²) in [5.74, 6) is 0.701. The standard InChI is InChI=1S/C15H24NO3PS.C2H6/c1-13-4-6-15(7-5-13)21(17,18)19-12-2-3-14-8-10-16(20)11-9-14;1-2/h4-7,14H,2-3,8-12,20H2,1H3;1-2H3. The van der Waals surface area contributed by atoms with Crippen LogP contribution in [0.4, 0.5) is 0 Å². The number of benzene rings is 1. The van der Waals surface area contributed by atoms with Gasteiger partial charge in [0.05, 0.1) is 11.5 Å². The highest BCUT2D eigenvalue weighted by Gasteiger charge is 2.18. The van der Waals surface area contributed by atoms with Gasteiger partial charge in [0, 0.05) is 13.1 Å². The second-order valence-corrected chi connectivity index (χ2v) is 8.06. The summed E-state index contributed by atoms with van der Waals surface area (Å²) in [5.41, 5.74) is 1.04. The first-order valence-electron chi connectivity index (χ1n) is 8.43. The Morgan fingerprint density at radius 1 is 1.17 bits per heavy atom. The van der Waals surface area contributed by atoms with E-state index in [1.165, 1.54) is 12.8 Å². The molecule has 1 unspecified atom stereocenters. The van der Waals surface area contributed by atoms with Crippen molar-refractivity contribution in [2.75, 3.05) is 19.7 Å². The molecule has 0 spiro atoms. The van der Waals surface area contributed by atoms with Gasteiger partial charge in [-0.1, -0.05) is 40.9 Å². The summed E-state index contributed by atoms with van der Waals surface area (Å²) in [6.45, 7) is 8.42. The maximum absolute atomic E-state index is 12.0. The molecule has 1 aliphatic heterocycles. The van der Waals surface area contributed by atoms with Crippen LogP contribution in [0.3, 0.4) is 0 Å². The molecule has 1 saturated heterocycles. The molecule has 0 bridgehead atoms. The number of hydrogen-bond acceptors (Lipinski definition) is 4. The van der Waals surface area contributed by atoms with E-state index in [1.54, 1.807) is 24.3 Å². The predicted molar refractivity (Wildman–Crippen MR) is 98.9 cm³/mol. The van der Waals surface area contributed by atoms with E-state index in [4.69, 9.17) is 4.18 Å². The van der Waals surface area contributed by atoms with Crippen LogP contribution < -0.4 is 0 Å². The van der Waals surface area contributed by atoms with Crippen molar-refractivity contribution in [2.45, 2.75) is 51.3 Å². The zero-order chi connectivity index (χ0) is 17.3. The van der Waals surface area contributed by atoms with Crippen LogP contribution in [-0.4, -0.2) is 32.8 Å². The molecule has 4 nitrogen and oxygen atoms in total. The molecule has 1 atom stereocenters. The smallest absolute Gasteiger partial charge is 0.287 e. The fourth-order valence-corrected chi connectivity index (χ4v) is 3.80. The minimum Gasteiger partial charge on any atom is -0.287 e. The van der Waals surface area contributed by atoms with Crippen molar-refractivity contribution in [3.05, 3.63) is 29.8 Å². The van der Waals surface area contributed by atoms with Crippen molar-refractivity contribution in [1.82, 2.24) is 4.67 Å². The lowest BCUT2D eigenvalue weighted by Crippen LogP contribution is -2.26. The Morgan fingerprint density at radius 2 is 1.74 bits per heavy atom. The van der Waals surface area contributed by atoms with Crippen molar-refractivity contribution in [2.24, 2.45) is 5.92 Å². The molecule has 0 amide bonds. The maximum atomic E-state index is 12.0. The van der Waals surface area contributed by atoms with E-state index in [0.29, 0.717) is 5.92 Å². The molecule has 1 fully saturated rings. The van der Waals surface area contributed by atoms with Gasteiger partial charge in [-0.2, -0.15) is 8.42 Å². The fraction of sp³-hybridized carbons (Fsp3) is 0.647. The summed E-state index contributed by atoms with van der Waals surface area (Å²) in [4.78, 5) is 0.240. The zero-order valence-electron chi connectivity index (χ0n) is 14.5. The van der Waals surface area contributed by atoms with E-state index >= 15 is 0 Å². The van der Waals surface area contributed by atoms with Crippen LogP contribution >= 0.6 is 9.39 Å². The molecule has 1 aliphatic rings. The summed E-state index contributed by atoms with van der Waals surface area (Å²) in [6, 6.07) is 6.76. The SMILES string of the molecule is CC.Cc1ccc(S(=O)(=O)OCCCC2CCN(P)CC2)cc1. The molecule has 0 aromatic heterocycles. The van der Waals surface area contributed by atoms with Crippen LogP contribution in [0, 0.1) is 12.8 Å². The molecule has 6 heteroatoms. The Bertz CT molecular complexity index is 537. The molecule has 0 aliphatic carbocycles. The maximum Gasteiger partial charge on any atom is 0.296 e. The van der Waals surface area contributed by atoms with Gasteiger partial charge in [-0.15, -0.1) is 0 Å². The topological polar surface area (TPSA) is 46.6 Å². The molecule has 132 valence electrons. The Kier molecular flexibility index (Phi) is 9.30. The Hall–Kier alpha value is -0.480. The van der Waals surface area contributed by atoms with Gasteiger partial charge in [0.1, 0.15) is 0 Å². The van der Waals surface area contributed by atoms with E-state index in [2.05, 4.69) is 14.1 Å². The largest absolute Gasteiger partial charge is 0.296 e. The number of piperidine rings is 1.